The van der Waals surface area contributed by atoms with Crippen molar-refractivity contribution in [2.24, 2.45) is 0 Å². The summed E-state index contributed by atoms with van der Waals surface area (Å²) in [5.74, 6) is -0.181. The molecule has 0 saturated heterocycles. The maximum atomic E-state index is 13.5. The van der Waals surface area contributed by atoms with E-state index in [-0.39, 0.29) is 23.3 Å². The van der Waals surface area contributed by atoms with E-state index >= 15 is 0 Å². The van der Waals surface area contributed by atoms with Crippen molar-refractivity contribution in [3.05, 3.63) is 71.8 Å². The van der Waals surface area contributed by atoms with Gasteiger partial charge in [0.25, 0.3) is 0 Å². The third-order valence-corrected chi connectivity index (χ3v) is 5.58. The Morgan fingerprint density at radius 3 is 2.89 bits per heavy atom. The highest BCUT2D eigenvalue weighted by molar-refractivity contribution is 6.31. The summed E-state index contributed by atoms with van der Waals surface area (Å²) in [6.07, 6.45) is 9.85. The summed E-state index contributed by atoms with van der Waals surface area (Å²) < 4.78 is 31.8. The van der Waals surface area contributed by atoms with Crippen LogP contribution in [0.15, 0.2) is 61.0 Å². The molecule has 2 aromatic carbocycles. The van der Waals surface area contributed by atoms with Crippen molar-refractivity contribution in [3.63, 3.8) is 0 Å². The second-order valence-corrected chi connectivity index (χ2v) is 8.20. The van der Waals surface area contributed by atoms with Gasteiger partial charge in [-0.3, -0.25) is 9.69 Å². The number of benzene rings is 2. The standard InChI is InChI=1S/C25H24ClF2N5O2/c26-19-13-17(6-7-20(19)28)31-25-18-14-22(23(35-12-8-27)15-21(18)29-16-30-25)32-24(34)5-4-11-33-9-2-1-3-10-33/h1-2,4-7,13-16H,3,8-12H2,(H,32,34)(H,29,30,31). The number of ether oxygens (including phenoxy) is 1. The monoisotopic (exact) mass is 499 g/mol. The van der Waals surface area contributed by atoms with Gasteiger partial charge in [-0.25, -0.2) is 18.7 Å². The highest BCUT2D eigenvalue weighted by Gasteiger charge is 2.14. The van der Waals surface area contributed by atoms with Crippen molar-refractivity contribution < 1.29 is 18.3 Å². The molecule has 4 rings (SSSR count). The number of anilines is 3. The number of amides is 1. The number of halogens is 3. The molecule has 0 saturated carbocycles. The highest BCUT2D eigenvalue weighted by Crippen LogP contribution is 2.34. The quantitative estimate of drug-likeness (QED) is 0.308. The van der Waals surface area contributed by atoms with E-state index in [0.717, 1.165) is 19.5 Å². The largest absolute Gasteiger partial charge is 0.489 e. The Kier molecular flexibility index (Phi) is 8.23. The van der Waals surface area contributed by atoms with Crippen LogP contribution in [0.1, 0.15) is 6.42 Å². The molecule has 0 fully saturated rings. The molecule has 0 bridgehead atoms. The van der Waals surface area contributed by atoms with Gasteiger partial charge in [-0.1, -0.05) is 29.8 Å². The van der Waals surface area contributed by atoms with Crippen LogP contribution >= 0.6 is 11.6 Å². The predicted octanol–water partition coefficient (Wildman–Crippen LogP) is 5.27. The van der Waals surface area contributed by atoms with E-state index in [1.54, 1.807) is 18.2 Å². The molecule has 3 aromatic rings. The van der Waals surface area contributed by atoms with Crippen LogP contribution < -0.4 is 15.4 Å². The summed E-state index contributed by atoms with van der Waals surface area (Å²) in [6.45, 7) is 1.60. The van der Waals surface area contributed by atoms with Crippen LogP contribution in [0.3, 0.4) is 0 Å². The van der Waals surface area contributed by atoms with Gasteiger partial charge in [-0.2, -0.15) is 0 Å². The lowest BCUT2D eigenvalue weighted by atomic mass is 10.1. The van der Waals surface area contributed by atoms with E-state index in [4.69, 9.17) is 16.3 Å². The molecule has 0 atom stereocenters. The molecule has 0 aliphatic carbocycles. The minimum atomic E-state index is -0.683. The predicted molar refractivity (Wildman–Crippen MR) is 134 cm³/mol. The topological polar surface area (TPSA) is 79.4 Å². The number of alkyl halides is 1. The Balaban J connectivity index is 1.58. The van der Waals surface area contributed by atoms with Crippen LogP contribution in [0, 0.1) is 5.82 Å². The van der Waals surface area contributed by atoms with Gasteiger partial charge < -0.3 is 15.4 Å². The normalized spacial score (nSPS) is 13.9. The van der Waals surface area contributed by atoms with Gasteiger partial charge in [0.15, 0.2) is 0 Å². The fraction of sp³-hybridized carbons (Fsp3) is 0.240. The molecule has 182 valence electrons. The van der Waals surface area contributed by atoms with E-state index in [1.165, 1.54) is 30.6 Å². The van der Waals surface area contributed by atoms with Crippen LogP contribution in [-0.4, -0.2) is 53.7 Å². The summed E-state index contributed by atoms with van der Waals surface area (Å²) >= 11 is 5.89. The molecule has 1 aliphatic heterocycles. The van der Waals surface area contributed by atoms with E-state index < -0.39 is 12.5 Å². The van der Waals surface area contributed by atoms with Gasteiger partial charge in [-0.15, -0.1) is 0 Å². The minimum absolute atomic E-state index is 0.0319. The maximum absolute atomic E-state index is 13.5. The van der Waals surface area contributed by atoms with E-state index in [0.29, 0.717) is 34.6 Å². The number of hydrogen-bond acceptors (Lipinski definition) is 6. The van der Waals surface area contributed by atoms with Gasteiger partial charge in [0.2, 0.25) is 5.91 Å². The van der Waals surface area contributed by atoms with Gasteiger partial charge >= 0.3 is 0 Å². The summed E-state index contributed by atoms with van der Waals surface area (Å²) in [7, 11) is 0. The SMILES string of the molecule is O=C(C=CCN1CC=CCC1)Nc1cc2c(Nc3ccc(F)c(Cl)c3)ncnc2cc1OCCF. The molecule has 2 heterocycles. The van der Waals surface area contributed by atoms with Gasteiger partial charge in [0.1, 0.15) is 37.0 Å². The Morgan fingerprint density at radius 2 is 2.11 bits per heavy atom. The Labute approximate surface area is 206 Å². The van der Waals surface area contributed by atoms with E-state index in [9.17, 15) is 13.6 Å². The average molecular weight is 500 g/mol. The van der Waals surface area contributed by atoms with Gasteiger partial charge in [-0.05, 0) is 30.7 Å². The van der Waals surface area contributed by atoms with Crippen LogP contribution in [0.5, 0.6) is 5.75 Å². The molecule has 10 heteroatoms. The minimum Gasteiger partial charge on any atom is -0.489 e. The average Bonchev–Trinajstić information content (AvgIpc) is 2.86. The number of carbonyl (C=O) groups is 1. The molecule has 35 heavy (non-hydrogen) atoms. The van der Waals surface area contributed by atoms with Gasteiger partial charge in [0, 0.05) is 42.9 Å². The molecule has 0 spiro atoms. The van der Waals surface area contributed by atoms with E-state index in [2.05, 4.69) is 37.7 Å². The van der Waals surface area contributed by atoms with Crippen molar-refractivity contribution in [2.75, 3.05) is 43.5 Å². The van der Waals surface area contributed by atoms with Crippen LogP contribution in [0.25, 0.3) is 10.9 Å². The smallest absolute Gasteiger partial charge is 0.248 e. The number of aromatic nitrogens is 2. The number of carbonyl (C=O) groups excluding carboxylic acids is 1. The molecule has 0 unspecified atom stereocenters. The lowest BCUT2D eigenvalue weighted by Gasteiger charge is -2.20. The third-order valence-electron chi connectivity index (χ3n) is 5.29. The zero-order valence-electron chi connectivity index (χ0n) is 18.8. The molecular formula is C25H24ClF2N5O2. The molecule has 1 amide bonds. The zero-order chi connectivity index (χ0) is 24.6. The first-order chi connectivity index (χ1) is 17.0. The van der Waals surface area contributed by atoms with E-state index in [1.807, 2.05) is 0 Å². The number of rotatable bonds is 9. The molecular weight excluding hydrogens is 476 g/mol. The van der Waals surface area contributed by atoms with Crippen LogP contribution in [0.4, 0.5) is 26.0 Å². The second kappa shape index (κ2) is 11.7. The van der Waals surface area contributed by atoms with Crippen molar-refractivity contribution in [1.82, 2.24) is 14.9 Å². The number of nitrogens with zero attached hydrogens (tertiary/aromatic N) is 3. The van der Waals surface area contributed by atoms with Crippen molar-refractivity contribution in [2.45, 2.75) is 6.42 Å². The molecule has 1 aliphatic rings. The zero-order valence-corrected chi connectivity index (χ0v) is 19.6. The van der Waals surface area contributed by atoms with Crippen molar-refractivity contribution in [1.29, 1.82) is 0 Å². The lowest BCUT2D eigenvalue weighted by Crippen LogP contribution is -2.27. The van der Waals surface area contributed by atoms with Gasteiger partial charge in [0.05, 0.1) is 16.2 Å². The summed E-state index contributed by atoms with van der Waals surface area (Å²) in [5, 5.41) is 6.42. The summed E-state index contributed by atoms with van der Waals surface area (Å²) in [4.78, 5) is 23.3. The second-order valence-electron chi connectivity index (χ2n) is 7.79. The lowest BCUT2D eigenvalue weighted by molar-refractivity contribution is -0.111. The van der Waals surface area contributed by atoms with Crippen LogP contribution in [-0.2, 0) is 4.79 Å². The van der Waals surface area contributed by atoms with Crippen molar-refractivity contribution in [3.8, 4) is 5.75 Å². The first kappa shape index (κ1) is 24.6. The Morgan fingerprint density at radius 1 is 1.23 bits per heavy atom. The third kappa shape index (κ3) is 6.52. The molecule has 7 nitrogen and oxygen atoms in total. The number of nitrogens with one attached hydrogen (secondary N) is 2. The fourth-order valence-electron chi connectivity index (χ4n) is 3.60. The molecule has 0 radical (unpaired) electrons. The van der Waals surface area contributed by atoms with Crippen molar-refractivity contribution >= 4 is 45.6 Å². The Bertz CT molecular complexity index is 1270. The fourth-order valence-corrected chi connectivity index (χ4v) is 3.78. The maximum Gasteiger partial charge on any atom is 0.248 e. The number of hydrogen-bond donors (Lipinski definition) is 2. The summed E-state index contributed by atoms with van der Waals surface area (Å²) in [6, 6.07) is 7.47. The Hall–Kier alpha value is -3.56. The number of fused-ring (bicyclic) bond motifs is 1. The molecule has 2 N–H and O–H groups in total. The van der Waals surface area contributed by atoms with Crippen LogP contribution in [0.2, 0.25) is 5.02 Å². The summed E-state index contributed by atoms with van der Waals surface area (Å²) in [5.41, 5.74) is 1.38. The highest BCUT2D eigenvalue weighted by atomic mass is 35.5. The molecule has 1 aromatic heterocycles. The first-order valence-corrected chi connectivity index (χ1v) is 11.5. The first-order valence-electron chi connectivity index (χ1n) is 11.1.